The number of benzene rings is 1. The topological polar surface area (TPSA) is 20.3 Å². The zero-order valence-corrected chi connectivity index (χ0v) is 7.74. The van der Waals surface area contributed by atoms with Crippen molar-refractivity contribution in [3.63, 3.8) is 0 Å². The van der Waals surface area contributed by atoms with Gasteiger partial charge in [-0.2, -0.15) is 0 Å². The molecule has 1 aromatic carbocycles. The van der Waals surface area contributed by atoms with Crippen molar-refractivity contribution >= 4 is 11.6 Å². The van der Waals surface area contributed by atoms with Gasteiger partial charge in [0.05, 0.1) is 0 Å². The van der Waals surface area contributed by atoms with E-state index in [1.165, 1.54) is 4.90 Å². The average molecular weight is 173 g/mol. The molecule has 66 valence electrons. The molecule has 2 nitrogen and oxygen atoms in total. The normalized spacial score (nSPS) is 9.00. The van der Waals surface area contributed by atoms with E-state index in [0.717, 1.165) is 11.3 Å². The van der Waals surface area contributed by atoms with E-state index in [9.17, 15) is 4.79 Å². The highest BCUT2D eigenvalue weighted by atomic mass is 16.2. The minimum atomic E-state index is -0.325. The molecule has 1 rings (SSSR count). The fourth-order valence-electron chi connectivity index (χ4n) is 1.15. The molecule has 0 heterocycles. The standard InChI is InChI=1S/C11H11NO/c1-4-11(13)12(3)10-8-6-5-7-9(10)2/h1,5-8H,2-3H3. The summed E-state index contributed by atoms with van der Waals surface area (Å²) in [5, 5.41) is 0. The third-order valence-electron chi connectivity index (χ3n) is 1.90. The van der Waals surface area contributed by atoms with E-state index in [-0.39, 0.29) is 5.91 Å². The van der Waals surface area contributed by atoms with Gasteiger partial charge >= 0.3 is 5.91 Å². The second-order valence-corrected chi connectivity index (χ2v) is 2.79. The van der Waals surface area contributed by atoms with Gasteiger partial charge in [0.25, 0.3) is 0 Å². The number of carbonyl (C=O) groups excluding carboxylic acids is 1. The molecule has 1 amide bonds. The Labute approximate surface area is 78.2 Å². The van der Waals surface area contributed by atoms with Crippen LogP contribution >= 0.6 is 0 Å². The third kappa shape index (κ3) is 1.88. The van der Waals surface area contributed by atoms with Crippen molar-refractivity contribution < 1.29 is 4.79 Å². The van der Waals surface area contributed by atoms with Crippen molar-refractivity contribution in [2.75, 3.05) is 11.9 Å². The first-order chi connectivity index (χ1) is 6.16. The van der Waals surface area contributed by atoms with Crippen LogP contribution in [-0.4, -0.2) is 13.0 Å². The highest BCUT2D eigenvalue weighted by Gasteiger charge is 2.08. The molecule has 0 fully saturated rings. The van der Waals surface area contributed by atoms with Crippen LogP contribution in [0, 0.1) is 19.3 Å². The molecular weight excluding hydrogens is 162 g/mol. The summed E-state index contributed by atoms with van der Waals surface area (Å²) in [4.78, 5) is 12.6. The molecule has 0 aromatic heterocycles. The Morgan fingerprint density at radius 2 is 2.08 bits per heavy atom. The molecule has 0 aliphatic rings. The predicted molar refractivity (Wildman–Crippen MR) is 53.4 cm³/mol. The van der Waals surface area contributed by atoms with E-state index in [2.05, 4.69) is 5.92 Å². The van der Waals surface area contributed by atoms with Crippen LogP contribution in [0.3, 0.4) is 0 Å². The van der Waals surface area contributed by atoms with Crippen molar-refractivity contribution in [1.82, 2.24) is 0 Å². The molecule has 2 heteroatoms. The lowest BCUT2D eigenvalue weighted by atomic mass is 10.2. The van der Waals surface area contributed by atoms with Crippen molar-refractivity contribution in [3.8, 4) is 12.3 Å². The summed E-state index contributed by atoms with van der Waals surface area (Å²) in [6, 6.07) is 7.61. The predicted octanol–water partition coefficient (Wildman–Crippen LogP) is 1.59. The second kappa shape index (κ2) is 3.77. The van der Waals surface area contributed by atoms with E-state index in [1.54, 1.807) is 7.05 Å². The summed E-state index contributed by atoms with van der Waals surface area (Å²) in [6.07, 6.45) is 5.02. The highest BCUT2D eigenvalue weighted by molar-refractivity contribution is 6.05. The Balaban J connectivity index is 3.03. The monoisotopic (exact) mass is 173 g/mol. The van der Waals surface area contributed by atoms with Crippen LogP contribution in [0.1, 0.15) is 5.56 Å². The number of hydrogen-bond donors (Lipinski definition) is 0. The van der Waals surface area contributed by atoms with Gasteiger partial charge in [0.15, 0.2) is 0 Å². The SMILES string of the molecule is C#CC(=O)N(C)c1ccccc1C. The molecule has 0 saturated heterocycles. The minimum Gasteiger partial charge on any atom is -0.304 e. The largest absolute Gasteiger partial charge is 0.304 e. The first kappa shape index (κ1) is 9.34. The average Bonchev–Trinajstić information content (AvgIpc) is 2.16. The van der Waals surface area contributed by atoms with E-state index < -0.39 is 0 Å². The Morgan fingerprint density at radius 3 is 2.62 bits per heavy atom. The Kier molecular flexibility index (Phi) is 2.71. The number of para-hydroxylation sites is 1. The van der Waals surface area contributed by atoms with Gasteiger partial charge in [0.1, 0.15) is 0 Å². The molecular formula is C11H11NO. The maximum Gasteiger partial charge on any atom is 0.302 e. The summed E-state index contributed by atoms with van der Waals surface area (Å²) in [5.74, 6) is 1.75. The lowest BCUT2D eigenvalue weighted by molar-refractivity contribution is -0.113. The number of rotatable bonds is 1. The van der Waals surface area contributed by atoms with Gasteiger partial charge < -0.3 is 4.90 Å². The van der Waals surface area contributed by atoms with E-state index in [1.807, 2.05) is 31.2 Å². The Hall–Kier alpha value is -1.75. The van der Waals surface area contributed by atoms with Crippen LogP contribution in [0.4, 0.5) is 5.69 Å². The van der Waals surface area contributed by atoms with Gasteiger partial charge in [0.2, 0.25) is 0 Å². The Morgan fingerprint density at radius 1 is 1.46 bits per heavy atom. The molecule has 13 heavy (non-hydrogen) atoms. The smallest absolute Gasteiger partial charge is 0.302 e. The quantitative estimate of drug-likeness (QED) is 0.590. The maximum atomic E-state index is 11.2. The van der Waals surface area contributed by atoms with E-state index in [4.69, 9.17) is 6.42 Å². The second-order valence-electron chi connectivity index (χ2n) is 2.79. The molecule has 0 radical (unpaired) electrons. The first-order valence-electron chi connectivity index (χ1n) is 3.96. The van der Waals surface area contributed by atoms with Crippen molar-refractivity contribution in [3.05, 3.63) is 29.8 Å². The van der Waals surface area contributed by atoms with Crippen LogP contribution in [0.5, 0.6) is 0 Å². The molecule has 0 aliphatic carbocycles. The van der Waals surface area contributed by atoms with Crippen LogP contribution < -0.4 is 4.90 Å². The number of terminal acetylenes is 1. The molecule has 0 saturated carbocycles. The third-order valence-corrected chi connectivity index (χ3v) is 1.90. The molecule has 0 aliphatic heterocycles. The van der Waals surface area contributed by atoms with Crippen LogP contribution in [-0.2, 0) is 4.79 Å². The van der Waals surface area contributed by atoms with Crippen molar-refractivity contribution in [2.24, 2.45) is 0 Å². The zero-order valence-electron chi connectivity index (χ0n) is 7.74. The van der Waals surface area contributed by atoms with E-state index >= 15 is 0 Å². The van der Waals surface area contributed by atoms with Gasteiger partial charge in [-0.1, -0.05) is 18.2 Å². The molecule has 0 atom stereocenters. The fraction of sp³-hybridized carbons (Fsp3) is 0.182. The number of amides is 1. The minimum absolute atomic E-state index is 0.325. The summed E-state index contributed by atoms with van der Waals surface area (Å²) < 4.78 is 0. The highest BCUT2D eigenvalue weighted by Crippen LogP contribution is 2.17. The van der Waals surface area contributed by atoms with Gasteiger partial charge in [-0.25, -0.2) is 0 Å². The summed E-state index contributed by atoms with van der Waals surface area (Å²) >= 11 is 0. The van der Waals surface area contributed by atoms with Crippen LogP contribution in [0.2, 0.25) is 0 Å². The Bertz CT molecular complexity index is 363. The summed E-state index contributed by atoms with van der Waals surface area (Å²) in [6.45, 7) is 1.94. The molecule has 0 bridgehead atoms. The number of aryl methyl sites for hydroxylation is 1. The summed E-state index contributed by atoms with van der Waals surface area (Å²) in [5.41, 5.74) is 1.89. The molecule has 0 spiro atoms. The number of hydrogen-bond acceptors (Lipinski definition) is 1. The molecule has 1 aromatic rings. The lowest BCUT2D eigenvalue weighted by Crippen LogP contribution is -2.24. The number of nitrogens with zero attached hydrogens (tertiary/aromatic N) is 1. The van der Waals surface area contributed by atoms with Crippen LogP contribution in [0.25, 0.3) is 0 Å². The van der Waals surface area contributed by atoms with Crippen molar-refractivity contribution in [1.29, 1.82) is 0 Å². The van der Waals surface area contributed by atoms with Gasteiger partial charge in [-0.3, -0.25) is 4.79 Å². The fourth-order valence-corrected chi connectivity index (χ4v) is 1.15. The van der Waals surface area contributed by atoms with Gasteiger partial charge in [-0.15, -0.1) is 6.42 Å². The van der Waals surface area contributed by atoms with Crippen LogP contribution in [0.15, 0.2) is 24.3 Å². The first-order valence-corrected chi connectivity index (χ1v) is 3.96. The summed E-state index contributed by atoms with van der Waals surface area (Å²) in [7, 11) is 1.67. The van der Waals surface area contributed by atoms with Gasteiger partial charge in [-0.05, 0) is 24.5 Å². The van der Waals surface area contributed by atoms with Gasteiger partial charge in [0, 0.05) is 12.7 Å². The van der Waals surface area contributed by atoms with Crippen molar-refractivity contribution in [2.45, 2.75) is 6.92 Å². The van der Waals surface area contributed by atoms with E-state index in [0.29, 0.717) is 0 Å². The number of anilines is 1. The maximum absolute atomic E-state index is 11.2. The number of carbonyl (C=O) groups is 1. The lowest BCUT2D eigenvalue weighted by Gasteiger charge is -2.16. The zero-order chi connectivity index (χ0) is 9.84. The molecule has 0 unspecified atom stereocenters. The molecule has 0 N–H and O–H groups in total.